The Kier molecular flexibility index (Phi) is 6.15. The minimum atomic E-state index is -0.261. The molecule has 0 atom stereocenters. The van der Waals surface area contributed by atoms with Crippen molar-refractivity contribution in [2.75, 3.05) is 13.6 Å². The molecule has 3 aromatic rings. The summed E-state index contributed by atoms with van der Waals surface area (Å²) in [6.07, 6.45) is 5.03. The molecule has 1 amide bonds. The molecule has 0 aliphatic rings. The van der Waals surface area contributed by atoms with Crippen molar-refractivity contribution in [2.45, 2.75) is 12.8 Å². The number of hydrogen-bond donors (Lipinski definition) is 1. The number of rotatable bonds is 7. The van der Waals surface area contributed by atoms with Gasteiger partial charge in [0.1, 0.15) is 5.82 Å². The lowest BCUT2D eigenvalue weighted by atomic mass is 10.1. The van der Waals surface area contributed by atoms with Crippen LogP contribution < -0.4 is 0 Å². The van der Waals surface area contributed by atoms with Crippen LogP contribution in [0.15, 0.2) is 66.7 Å². The molecule has 4 nitrogen and oxygen atoms in total. The molecule has 1 aromatic heterocycles. The van der Waals surface area contributed by atoms with Crippen LogP contribution in [0.3, 0.4) is 0 Å². The maximum atomic E-state index is 13.0. The van der Waals surface area contributed by atoms with Crippen molar-refractivity contribution in [3.63, 3.8) is 0 Å². The topological polar surface area (TPSA) is 49.0 Å². The molecule has 5 heteroatoms. The fourth-order valence-corrected chi connectivity index (χ4v) is 2.73. The van der Waals surface area contributed by atoms with E-state index in [1.54, 1.807) is 30.2 Å². The molecular weight excluding hydrogens is 341 g/mol. The number of hydrogen-bond acceptors (Lipinski definition) is 2. The van der Waals surface area contributed by atoms with Gasteiger partial charge in [-0.15, -0.1) is 0 Å². The standard InChI is InChI=1S/C22H22FN3O/c1-26(22(27)14-9-17-6-3-2-4-7-17)15-5-8-20-16-21(25-24-20)18-10-12-19(23)13-11-18/h2-4,6-7,9-14,16H,5,8,15H2,1H3,(H,24,25)/b14-9+. The van der Waals surface area contributed by atoms with Gasteiger partial charge in [0.25, 0.3) is 0 Å². The van der Waals surface area contributed by atoms with Crippen LogP contribution in [0.4, 0.5) is 4.39 Å². The van der Waals surface area contributed by atoms with E-state index in [-0.39, 0.29) is 11.7 Å². The number of H-pyrrole nitrogens is 1. The molecule has 1 heterocycles. The second-order valence-electron chi connectivity index (χ2n) is 6.39. The van der Waals surface area contributed by atoms with Crippen LogP contribution in [0.25, 0.3) is 17.3 Å². The molecule has 138 valence electrons. The Morgan fingerprint density at radius 3 is 2.63 bits per heavy atom. The zero-order valence-corrected chi connectivity index (χ0v) is 15.2. The molecule has 0 aliphatic carbocycles. The van der Waals surface area contributed by atoms with Gasteiger partial charge in [0.2, 0.25) is 5.91 Å². The summed E-state index contributed by atoms with van der Waals surface area (Å²) in [7, 11) is 1.80. The first-order valence-electron chi connectivity index (χ1n) is 8.90. The monoisotopic (exact) mass is 363 g/mol. The van der Waals surface area contributed by atoms with Crippen molar-refractivity contribution >= 4 is 12.0 Å². The van der Waals surface area contributed by atoms with Crippen molar-refractivity contribution in [2.24, 2.45) is 0 Å². The van der Waals surface area contributed by atoms with Crippen LogP contribution in [0.5, 0.6) is 0 Å². The smallest absolute Gasteiger partial charge is 0.246 e. The fraction of sp³-hybridized carbons (Fsp3) is 0.182. The highest BCUT2D eigenvalue weighted by Gasteiger charge is 2.07. The van der Waals surface area contributed by atoms with Gasteiger partial charge in [0.15, 0.2) is 0 Å². The number of likely N-dealkylation sites (N-methyl/N-ethyl adjacent to an activating group) is 1. The van der Waals surface area contributed by atoms with E-state index in [9.17, 15) is 9.18 Å². The van der Waals surface area contributed by atoms with Crippen LogP contribution >= 0.6 is 0 Å². The molecule has 0 saturated carbocycles. The Hall–Kier alpha value is -3.21. The van der Waals surface area contributed by atoms with Gasteiger partial charge in [-0.3, -0.25) is 9.89 Å². The summed E-state index contributed by atoms with van der Waals surface area (Å²) < 4.78 is 13.0. The summed E-state index contributed by atoms with van der Waals surface area (Å²) >= 11 is 0. The fourth-order valence-electron chi connectivity index (χ4n) is 2.73. The maximum absolute atomic E-state index is 13.0. The molecule has 0 unspecified atom stereocenters. The molecule has 0 aliphatic heterocycles. The van der Waals surface area contributed by atoms with E-state index in [4.69, 9.17) is 0 Å². The second-order valence-corrected chi connectivity index (χ2v) is 6.39. The van der Waals surface area contributed by atoms with E-state index >= 15 is 0 Å². The van der Waals surface area contributed by atoms with Gasteiger partial charge in [-0.1, -0.05) is 30.3 Å². The van der Waals surface area contributed by atoms with Crippen molar-refractivity contribution in [1.29, 1.82) is 0 Å². The van der Waals surface area contributed by atoms with Gasteiger partial charge in [-0.05, 0) is 54.8 Å². The predicted molar refractivity (Wildman–Crippen MR) is 105 cm³/mol. The molecule has 0 bridgehead atoms. The summed E-state index contributed by atoms with van der Waals surface area (Å²) in [5, 5.41) is 7.28. The number of carbonyl (C=O) groups is 1. The number of amides is 1. The Morgan fingerprint density at radius 2 is 1.89 bits per heavy atom. The average molecular weight is 363 g/mol. The minimum absolute atomic E-state index is 0.0181. The Morgan fingerprint density at radius 1 is 1.15 bits per heavy atom. The van der Waals surface area contributed by atoms with Crippen molar-refractivity contribution < 1.29 is 9.18 Å². The maximum Gasteiger partial charge on any atom is 0.246 e. The Labute approximate surface area is 158 Å². The molecule has 0 radical (unpaired) electrons. The number of aromatic nitrogens is 2. The predicted octanol–water partition coefficient (Wildman–Crippen LogP) is 4.32. The first-order chi connectivity index (χ1) is 13.1. The molecule has 1 N–H and O–H groups in total. The number of aryl methyl sites for hydroxylation is 1. The van der Waals surface area contributed by atoms with Gasteiger partial charge in [0.05, 0.1) is 5.69 Å². The van der Waals surface area contributed by atoms with Gasteiger partial charge >= 0.3 is 0 Å². The zero-order chi connectivity index (χ0) is 19.1. The van der Waals surface area contributed by atoms with E-state index in [0.29, 0.717) is 6.54 Å². The number of benzene rings is 2. The highest BCUT2D eigenvalue weighted by molar-refractivity contribution is 5.91. The van der Waals surface area contributed by atoms with Gasteiger partial charge in [-0.25, -0.2) is 4.39 Å². The second kappa shape index (κ2) is 8.94. The highest BCUT2D eigenvalue weighted by atomic mass is 19.1. The molecular formula is C22H22FN3O. The third-order valence-electron chi connectivity index (χ3n) is 4.30. The lowest BCUT2D eigenvalue weighted by Gasteiger charge is -2.14. The highest BCUT2D eigenvalue weighted by Crippen LogP contribution is 2.18. The Bertz CT molecular complexity index is 901. The molecule has 2 aromatic carbocycles. The van der Waals surface area contributed by atoms with Crippen LogP contribution in [0.1, 0.15) is 17.7 Å². The number of aromatic amines is 1. The van der Waals surface area contributed by atoms with Crippen LogP contribution in [-0.2, 0) is 11.2 Å². The quantitative estimate of drug-likeness (QED) is 0.636. The number of nitrogens with one attached hydrogen (secondary N) is 1. The summed E-state index contributed by atoms with van der Waals surface area (Å²) in [5.41, 5.74) is 3.66. The van der Waals surface area contributed by atoms with Crippen LogP contribution in [-0.4, -0.2) is 34.6 Å². The summed E-state index contributed by atoms with van der Waals surface area (Å²) in [5.74, 6) is -0.279. The van der Waals surface area contributed by atoms with Gasteiger partial charge < -0.3 is 4.90 Å². The van der Waals surface area contributed by atoms with E-state index in [2.05, 4.69) is 10.2 Å². The molecule has 27 heavy (non-hydrogen) atoms. The summed E-state index contributed by atoms with van der Waals surface area (Å²) in [6, 6.07) is 18.0. The van der Waals surface area contributed by atoms with E-state index in [1.807, 2.05) is 42.5 Å². The van der Waals surface area contributed by atoms with E-state index in [1.165, 1.54) is 12.1 Å². The van der Waals surface area contributed by atoms with Gasteiger partial charge in [0, 0.05) is 30.9 Å². The van der Waals surface area contributed by atoms with Crippen molar-refractivity contribution in [3.8, 4) is 11.3 Å². The largest absolute Gasteiger partial charge is 0.342 e. The van der Waals surface area contributed by atoms with Crippen LogP contribution in [0, 0.1) is 5.82 Å². The third-order valence-corrected chi connectivity index (χ3v) is 4.30. The number of nitrogens with zero attached hydrogens (tertiary/aromatic N) is 2. The normalized spacial score (nSPS) is 11.0. The first kappa shape index (κ1) is 18.6. The number of carbonyl (C=O) groups excluding carboxylic acids is 1. The summed E-state index contributed by atoms with van der Waals surface area (Å²) in [6.45, 7) is 0.656. The Balaban J connectivity index is 1.47. The summed E-state index contributed by atoms with van der Waals surface area (Å²) in [4.78, 5) is 13.9. The lowest BCUT2D eigenvalue weighted by Crippen LogP contribution is -2.26. The van der Waals surface area contributed by atoms with Crippen molar-refractivity contribution in [1.82, 2.24) is 15.1 Å². The minimum Gasteiger partial charge on any atom is -0.342 e. The lowest BCUT2D eigenvalue weighted by molar-refractivity contribution is -0.124. The molecule has 0 saturated heterocycles. The van der Waals surface area contributed by atoms with E-state index < -0.39 is 0 Å². The first-order valence-corrected chi connectivity index (χ1v) is 8.90. The van der Waals surface area contributed by atoms with Crippen LogP contribution in [0.2, 0.25) is 0 Å². The zero-order valence-electron chi connectivity index (χ0n) is 15.2. The molecule has 0 fully saturated rings. The number of halogens is 1. The average Bonchev–Trinajstić information content (AvgIpc) is 3.16. The van der Waals surface area contributed by atoms with Gasteiger partial charge in [-0.2, -0.15) is 5.10 Å². The van der Waals surface area contributed by atoms with E-state index in [0.717, 1.165) is 35.4 Å². The van der Waals surface area contributed by atoms with Crippen molar-refractivity contribution in [3.05, 3.63) is 83.8 Å². The molecule has 3 rings (SSSR count). The molecule has 0 spiro atoms. The third kappa shape index (κ3) is 5.38. The SMILES string of the molecule is CN(CCCc1cc(-c2ccc(F)cc2)n[nH]1)C(=O)/C=C/c1ccccc1.